The molecule has 0 aliphatic carbocycles. The van der Waals surface area contributed by atoms with Gasteiger partial charge in [0.1, 0.15) is 0 Å². The molecule has 260 valence electrons. The van der Waals surface area contributed by atoms with Crippen LogP contribution in [0.4, 0.5) is 0 Å². The average Bonchev–Trinajstić information content (AvgIpc) is 3.00. The second kappa shape index (κ2) is 35.1. The van der Waals surface area contributed by atoms with Crippen LogP contribution >= 0.6 is 8.60 Å². The van der Waals surface area contributed by atoms with E-state index in [1.807, 2.05) is 0 Å². The molecule has 0 heterocycles. The molecule has 0 N–H and O–H groups in total. The lowest BCUT2D eigenvalue weighted by Crippen LogP contribution is -2.24. The van der Waals surface area contributed by atoms with Gasteiger partial charge < -0.3 is 14.2 Å². The molecule has 0 aromatic rings. The Morgan fingerprint density at radius 2 is 0.581 bits per heavy atom. The summed E-state index contributed by atoms with van der Waals surface area (Å²) in [7, 11) is -1.70. The Kier molecular flexibility index (Phi) is 35.2. The summed E-state index contributed by atoms with van der Waals surface area (Å²) in [5.74, 6) is 0. The SMILES string of the molecule is CCCCCCCC(OCCCC)OP(OC(CCCCCCC)OCCCC)OC(CCCCCCC)OCCCC. The van der Waals surface area contributed by atoms with Gasteiger partial charge in [-0.2, -0.15) is 0 Å². The minimum absolute atomic E-state index is 0.332. The van der Waals surface area contributed by atoms with Crippen molar-refractivity contribution in [1.82, 2.24) is 0 Å². The molecule has 0 aromatic carbocycles. The molecule has 0 fully saturated rings. The highest BCUT2D eigenvalue weighted by Gasteiger charge is 2.28. The van der Waals surface area contributed by atoms with Crippen LogP contribution in [0.25, 0.3) is 0 Å². The van der Waals surface area contributed by atoms with E-state index in [0.29, 0.717) is 19.8 Å². The van der Waals surface area contributed by atoms with E-state index in [0.717, 1.165) is 77.0 Å². The lowest BCUT2D eigenvalue weighted by molar-refractivity contribution is -0.152. The summed E-state index contributed by atoms with van der Waals surface area (Å²) in [6.07, 6.45) is 26.2. The fourth-order valence-electron chi connectivity index (χ4n) is 4.68. The Bertz CT molecular complexity index is 455. The van der Waals surface area contributed by atoms with Crippen LogP contribution < -0.4 is 0 Å². The molecule has 0 aromatic heterocycles. The van der Waals surface area contributed by atoms with Gasteiger partial charge in [0.15, 0.2) is 18.9 Å². The van der Waals surface area contributed by atoms with Gasteiger partial charge in [-0.25, -0.2) is 0 Å². The molecule has 0 saturated heterocycles. The lowest BCUT2D eigenvalue weighted by Gasteiger charge is -2.29. The van der Waals surface area contributed by atoms with Gasteiger partial charge in [-0.1, -0.05) is 138 Å². The van der Waals surface area contributed by atoms with Gasteiger partial charge in [-0.05, 0) is 57.8 Å². The van der Waals surface area contributed by atoms with E-state index in [9.17, 15) is 0 Å². The first-order chi connectivity index (χ1) is 21.1. The fraction of sp³-hybridized carbons (Fsp3) is 1.00. The highest BCUT2D eigenvalue weighted by molar-refractivity contribution is 7.41. The van der Waals surface area contributed by atoms with Crippen LogP contribution in [0.3, 0.4) is 0 Å². The first-order valence-corrected chi connectivity index (χ1v) is 19.9. The molecule has 0 rings (SSSR count). The molecule has 0 spiro atoms. The maximum atomic E-state index is 6.61. The van der Waals surface area contributed by atoms with Gasteiger partial charge >= 0.3 is 8.60 Å². The van der Waals surface area contributed by atoms with Gasteiger partial charge in [0.2, 0.25) is 0 Å². The smallest absolute Gasteiger partial charge is 0.339 e. The molecule has 43 heavy (non-hydrogen) atoms. The maximum absolute atomic E-state index is 6.61. The predicted molar refractivity (Wildman–Crippen MR) is 184 cm³/mol. The molecule has 0 radical (unpaired) electrons. The number of rotatable bonds is 36. The summed E-state index contributed by atoms with van der Waals surface area (Å²) in [6, 6.07) is 0. The van der Waals surface area contributed by atoms with Crippen molar-refractivity contribution in [1.29, 1.82) is 0 Å². The topological polar surface area (TPSA) is 55.4 Å². The molecule has 0 aliphatic rings. The molecule has 7 heteroatoms. The van der Waals surface area contributed by atoms with Crippen molar-refractivity contribution in [2.45, 2.75) is 215 Å². The summed E-state index contributed by atoms with van der Waals surface area (Å²) in [5, 5.41) is 0. The van der Waals surface area contributed by atoms with Crippen molar-refractivity contribution in [2.24, 2.45) is 0 Å². The third-order valence-electron chi connectivity index (χ3n) is 7.65. The first kappa shape index (κ1) is 43.2. The van der Waals surface area contributed by atoms with Crippen LogP contribution in [-0.4, -0.2) is 38.7 Å². The van der Waals surface area contributed by atoms with Crippen LogP contribution in [0.15, 0.2) is 0 Å². The number of hydrogen-bond acceptors (Lipinski definition) is 6. The van der Waals surface area contributed by atoms with Crippen LogP contribution in [0.5, 0.6) is 0 Å². The van der Waals surface area contributed by atoms with E-state index in [2.05, 4.69) is 41.5 Å². The zero-order chi connectivity index (χ0) is 31.6. The normalized spacial score (nSPS) is 14.7. The zero-order valence-electron chi connectivity index (χ0n) is 29.7. The summed E-state index contributed by atoms with van der Waals surface area (Å²) in [6.45, 7) is 15.4. The first-order valence-electron chi connectivity index (χ1n) is 18.8. The summed E-state index contributed by atoms with van der Waals surface area (Å²) in [4.78, 5) is 0. The van der Waals surface area contributed by atoms with Gasteiger partial charge in [0.25, 0.3) is 0 Å². The van der Waals surface area contributed by atoms with Crippen LogP contribution in [0.2, 0.25) is 0 Å². The Morgan fingerprint density at radius 1 is 0.326 bits per heavy atom. The highest BCUT2D eigenvalue weighted by Crippen LogP contribution is 2.46. The van der Waals surface area contributed by atoms with Crippen molar-refractivity contribution < 1.29 is 27.8 Å². The van der Waals surface area contributed by atoms with E-state index in [1.54, 1.807) is 0 Å². The Morgan fingerprint density at radius 3 is 0.837 bits per heavy atom. The van der Waals surface area contributed by atoms with E-state index < -0.39 is 8.60 Å². The Labute approximate surface area is 270 Å². The molecule has 0 amide bonds. The van der Waals surface area contributed by atoms with E-state index in [1.165, 1.54) is 77.0 Å². The summed E-state index contributed by atoms with van der Waals surface area (Å²) in [5.41, 5.74) is 0. The molecule has 3 unspecified atom stereocenters. The second-order valence-electron chi connectivity index (χ2n) is 12.1. The van der Waals surface area contributed by atoms with Crippen LogP contribution in [0, 0.1) is 0 Å². The molecule has 0 aliphatic heterocycles. The van der Waals surface area contributed by atoms with Crippen molar-refractivity contribution in [3.05, 3.63) is 0 Å². The monoisotopic (exact) mass is 635 g/mol. The standard InChI is InChI=1S/C36H75O6P/c1-7-13-19-22-25-28-34(37-31-16-10-4)40-43(41-35(38-32-17-11-5)29-26-23-20-14-8-2)42-36(39-33-18-12-6)30-27-24-21-15-9-3/h34-36H,7-33H2,1-6H3. The lowest BCUT2D eigenvalue weighted by atomic mass is 10.1. The predicted octanol–water partition coefficient (Wildman–Crippen LogP) is 12.8. The third kappa shape index (κ3) is 29.3. The molecule has 0 saturated carbocycles. The third-order valence-corrected chi connectivity index (χ3v) is 8.87. The van der Waals surface area contributed by atoms with Gasteiger partial charge in [0, 0.05) is 19.8 Å². The summed E-state index contributed by atoms with van der Waals surface area (Å²) >= 11 is 0. The number of unbranched alkanes of at least 4 members (excludes halogenated alkanes) is 15. The average molecular weight is 635 g/mol. The number of hydrogen-bond donors (Lipinski definition) is 0. The molecular formula is C36H75O6P. The maximum Gasteiger partial charge on any atom is 0.339 e. The zero-order valence-corrected chi connectivity index (χ0v) is 30.6. The van der Waals surface area contributed by atoms with Crippen molar-refractivity contribution in [2.75, 3.05) is 19.8 Å². The molecule has 0 bridgehead atoms. The van der Waals surface area contributed by atoms with Crippen LogP contribution in [0.1, 0.15) is 196 Å². The van der Waals surface area contributed by atoms with Crippen LogP contribution in [-0.2, 0) is 27.8 Å². The summed E-state index contributed by atoms with van der Waals surface area (Å²) < 4.78 is 38.7. The van der Waals surface area contributed by atoms with E-state index >= 15 is 0 Å². The van der Waals surface area contributed by atoms with Crippen molar-refractivity contribution in [3.8, 4) is 0 Å². The Hall–Kier alpha value is 0.190. The minimum atomic E-state index is -1.70. The van der Waals surface area contributed by atoms with E-state index in [4.69, 9.17) is 27.8 Å². The van der Waals surface area contributed by atoms with Gasteiger partial charge in [-0.15, -0.1) is 0 Å². The highest BCUT2D eigenvalue weighted by atomic mass is 31.2. The fourth-order valence-corrected chi connectivity index (χ4v) is 5.91. The Balaban J connectivity index is 5.66. The number of ether oxygens (including phenoxy) is 3. The largest absolute Gasteiger partial charge is 0.352 e. The molecular weight excluding hydrogens is 559 g/mol. The molecule has 3 atom stereocenters. The van der Waals surface area contributed by atoms with Gasteiger partial charge in [-0.3, -0.25) is 13.6 Å². The minimum Gasteiger partial charge on any atom is -0.352 e. The van der Waals surface area contributed by atoms with Crippen molar-refractivity contribution in [3.63, 3.8) is 0 Å². The van der Waals surface area contributed by atoms with Gasteiger partial charge in [0.05, 0.1) is 0 Å². The second-order valence-corrected chi connectivity index (χ2v) is 13.2. The quantitative estimate of drug-likeness (QED) is 0.0388. The molecule has 6 nitrogen and oxygen atoms in total. The van der Waals surface area contributed by atoms with E-state index in [-0.39, 0.29) is 18.9 Å². The van der Waals surface area contributed by atoms with Crippen molar-refractivity contribution >= 4 is 8.60 Å².